The molecule has 1 aromatic carbocycles. The van der Waals surface area contributed by atoms with E-state index < -0.39 is 40.9 Å². The minimum absolute atomic E-state index is 0.0928. The van der Waals surface area contributed by atoms with Crippen LogP contribution in [0.5, 0.6) is 0 Å². The van der Waals surface area contributed by atoms with E-state index in [1.54, 1.807) is 0 Å². The third-order valence-electron chi connectivity index (χ3n) is 3.09. The molecule has 1 heterocycles. The predicted octanol–water partition coefficient (Wildman–Crippen LogP) is 3.26. The zero-order valence-electron chi connectivity index (χ0n) is 10.8. The first-order valence-corrected chi connectivity index (χ1v) is 5.74. The Hall–Kier alpha value is -2.26. The second kappa shape index (κ2) is 4.89. The molecular weight excluding hydrogens is 318 g/mol. The Balaban J connectivity index is 2.75. The number of halogens is 6. The van der Waals surface area contributed by atoms with E-state index in [-0.39, 0.29) is 5.52 Å². The normalized spacial score (nSPS) is 13.1. The number of hydrogen-bond acceptors (Lipinski definition) is 2. The van der Waals surface area contributed by atoms with E-state index in [1.165, 1.54) is 0 Å². The van der Waals surface area contributed by atoms with Gasteiger partial charge in [-0.15, -0.1) is 0 Å². The molecule has 0 saturated heterocycles. The maximum Gasteiger partial charge on any atom is 0.375 e. The second-order valence-electron chi connectivity index (χ2n) is 4.51. The quantitative estimate of drug-likeness (QED) is 0.878. The molecule has 10 heteroatoms. The lowest BCUT2D eigenvalue weighted by molar-refractivity contribution is -0.271. The SMILES string of the molecule is Cn1nc(C(F)(F)C(F)(F)C(F)F)c2cc(C(=O)O)ccc21. The van der Waals surface area contributed by atoms with Crippen LogP contribution < -0.4 is 0 Å². The summed E-state index contributed by atoms with van der Waals surface area (Å²) in [5.41, 5.74) is -2.15. The van der Waals surface area contributed by atoms with Crippen LogP contribution in [0, 0.1) is 0 Å². The molecule has 0 amide bonds. The van der Waals surface area contributed by atoms with E-state index in [1.807, 2.05) is 0 Å². The van der Waals surface area contributed by atoms with E-state index in [9.17, 15) is 31.1 Å². The van der Waals surface area contributed by atoms with Gasteiger partial charge in [-0.2, -0.15) is 22.7 Å². The van der Waals surface area contributed by atoms with E-state index in [0.717, 1.165) is 23.9 Å². The van der Waals surface area contributed by atoms with Gasteiger partial charge in [0.05, 0.1) is 11.1 Å². The summed E-state index contributed by atoms with van der Waals surface area (Å²) >= 11 is 0. The van der Waals surface area contributed by atoms with Crippen LogP contribution >= 0.6 is 0 Å². The van der Waals surface area contributed by atoms with Gasteiger partial charge in [-0.05, 0) is 18.2 Å². The van der Waals surface area contributed by atoms with Crippen molar-refractivity contribution < 1.29 is 36.2 Å². The molecule has 0 aliphatic carbocycles. The van der Waals surface area contributed by atoms with Crippen LogP contribution in [0.25, 0.3) is 10.9 Å². The van der Waals surface area contributed by atoms with E-state index in [4.69, 9.17) is 5.11 Å². The van der Waals surface area contributed by atoms with E-state index in [0.29, 0.717) is 6.07 Å². The van der Waals surface area contributed by atoms with Gasteiger partial charge < -0.3 is 5.11 Å². The Morgan fingerprint density at radius 2 is 1.86 bits per heavy atom. The van der Waals surface area contributed by atoms with Crippen molar-refractivity contribution >= 4 is 16.9 Å². The number of aromatic nitrogens is 2. The molecule has 22 heavy (non-hydrogen) atoms. The Bertz CT molecular complexity index is 741. The van der Waals surface area contributed by atoms with Gasteiger partial charge in [0.2, 0.25) is 0 Å². The Kier molecular flexibility index (Phi) is 3.58. The lowest BCUT2D eigenvalue weighted by Crippen LogP contribution is -2.44. The first-order valence-electron chi connectivity index (χ1n) is 5.74. The van der Waals surface area contributed by atoms with Crippen molar-refractivity contribution in [2.24, 2.45) is 7.05 Å². The summed E-state index contributed by atoms with van der Waals surface area (Å²) in [4.78, 5) is 10.8. The Morgan fingerprint density at radius 3 is 2.36 bits per heavy atom. The smallest absolute Gasteiger partial charge is 0.375 e. The number of benzene rings is 1. The number of fused-ring (bicyclic) bond motifs is 1. The third-order valence-corrected chi connectivity index (χ3v) is 3.09. The van der Waals surface area contributed by atoms with Gasteiger partial charge in [0.1, 0.15) is 5.69 Å². The van der Waals surface area contributed by atoms with Gasteiger partial charge >= 0.3 is 24.2 Å². The highest BCUT2D eigenvalue weighted by Gasteiger charge is 2.65. The van der Waals surface area contributed by atoms with Crippen molar-refractivity contribution in [3.05, 3.63) is 29.5 Å². The van der Waals surface area contributed by atoms with Gasteiger partial charge in [0.25, 0.3) is 0 Å². The zero-order chi connectivity index (χ0) is 16.9. The van der Waals surface area contributed by atoms with Crippen molar-refractivity contribution in [3.8, 4) is 0 Å². The first-order chi connectivity index (χ1) is 10.00. The second-order valence-corrected chi connectivity index (χ2v) is 4.51. The molecule has 120 valence electrons. The summed E-state index contributed by atoms with van der Waals surface area (Å²) in [6, 6.07) is 2.82. The fourth-order valence-electron chi connectivity index (χ4n) is 1.93. The first kappa shape index (κ1) is 16.1. The summed E-state index contributed by atoms with van der Waals surface area (Å²) in [7, 11) is 1.14. The predicted molar refractivity (Wildman–Crippen MR) is 62.5 cm³/mol. The monoisotopic (exact) mass is 326 g/mol. The number of nitrogens with zero attached hydrogens (tertiary/aromatic N) is 2. The van der Waals surface area contributed by atoms with Crippen LogP contribution in [0.4, 0.5) is 26.3 Å². The van der Waals surface area contributed by atoms with Gasteiger partial charge in [-0.1, -0.05) is 0 Å². The van der Waals surface area contributed by atoms with Crippen molar-refractivity contribution in [2.45, 2.75) is 18.3 Å². The molecule has 0 spiro atoms. The molecule has 1 N–H and O–H groups in total. The van der Waals surface area contributed by atoms with Gasteiger partial charge in [0.15, 0.2) is 0 Å². The summed E-state index contributed by atoms with van der Waals surface area (Å²) in [5.74, 6) is -12.4. The number of carboxylic acid groups (broad SMARTS) is 1. The van der Waals surface area contributed by atoms with Crippen molar-refractivity contribution in [1.82, 2.24) is 9.78 Å². The lowest BCUT2D eigenvalue weighted by Gasteiger charge is -2.24. The van der Waals surface area contributed by atoms with Crippen LogP contribution in [0.1, 0.15) is 16.1 Å². The highest BCUT2D eigenvalue weighted by atomic mass is 19.3. The topological polar surface area (TPSA) is 55.1 Å². The molecule has 0 saturated carbocycles. The molecule has 0 bridgehead atoms. The molecule has 0 atom stereocenters. The van der Waals surface area contributed by atoms with Crippen molar-refractivity contribution in [2.75, 3.05) is 0 Å². The van der Waals surface area contributed by atoms with Crippen molar-refractivity contribution in [1.29, 1.82) is 0 Å². The van der Waals surface area contributed by atoms with Crippen LogP contribution in [-0.4, -0.2) is 33.2 Å². The average molecular weight is 326 g/mol. The highest BCUT2D eigenvalue weighted by Crippen LogP contribution is 2.47. The van der Waals surface area contributed by atoms with Gasteiger partial charge in [-0.3, -0.25) is 4.68 Å². The van der Waals surface area contributed by atoms with E-state index in [2.05, 4.69) is 5.10 Å². The van der Waals surface area contributed by atoms with Crippen LogP contribution in [0.3, 0.4) is 0 Å². The number of alkyl halides is 6. The van der Waals surface area contributed by atoms with Gasteiger partial charge in [0, 0.05) is 12.4 Å². The van der Waals surface area contributed by atoms with Crippen LogP contribution in [0.2, 0.25) is 0 Å². The van der Waals surface area contributed by atoms with Crippen LogP contribution in [-0.2, 0) is 13.0 Å². The van der Waals surface area contributed by atoms with Crippen molar-refractivity contribution in [3.63, 3.8) is 0 Å². The molecule has 0 aliphatic heterocycles. The number of hydrogen-bond donors (Lipinski definition) is 1. The fraction of sp³-hybridized carbons (Fsp3) is 0.333. The average Bonchev–Trinajstić information content (AvgIpc) is 2.75. The largest absolute Gasteiger partial charge is 0.478 e. The number of carbonyl (C=O) groups is 1. The summed E-state index contributed by atoms with van der Waals surface area (Å²) in [6.07, 6.45) is -4.61. The summed E-state index contributed by atoms with van der Waals surface area (Å²) in [5, 5.41) is 11.3. The molecule has 0 radical (unpaired) electrons. The van der Waals surface area contributed by atoms with Crippen LogP contribution in [0.15, 0.2) is 18.2 Å². The number of rotatable bonds is 4. The number of carboxylic acids is 1. The zero-order valence-corrected chi connectivity index (χ0v) is 10.8. The molecule has 2 aromatic rings. The molecule has 4 nitrogen and oxygen atoms in total. The molecule has 2 rings (SSSR count). The summed E-state index contributed by atoms with van der Waals surface area (Å²) in [6.45, 7) is 0. The molecule has 0 fully saturated rings. The standard InChI is InChI=1S/C12H8F6N2O2/c1-20-7-3-2-5(9(21)22)4-6(7)8(19-20)11(15,16)12(17,18)10(13)14/h2-4,10H,1H3,(H,21,22). The Morgan fingerprint density at radius 1 is 1.27 bits per heavy atom. The maximum absolute atomic E-state index is 13.8. The molecule has 1 aromatic heterocycles. The number of aryl methyl sites for hydroxylation is 1. The fourth-order valence-corrected chi connectivity index (χ4v) is 1.93. The highest BCUT2D eigenvalue weighted by molar-refractivity contribution is 5.94. The third kappa shape index (κ3) is 2.18. The maximum atomic E-state index is 13.8. The Labute approximate surface area is 118 Å². The van der Waals surface area contributed by atoms with Gasteiger partial charge in [-0.25, -0.2) is 13.6 Å². The minimum atomic E-state index is -5.65. The lowest BCUT2D eigenvalue weighted by atomic mass is 10.0. The molecule has 0 aliphatic rings. The minimum Gasteiger partial charge on any atom is -0.478 e. The summed E-state index contributed by atoms with van der Waals surface area (Å²) < 4.78 is 79.2. The molecular formula is C12H8F6N2O2. The van der Waals surface area contributed by atoms with E-state index >= 15 is 0 Å². The molecule has 0 unspecified atom stereocenters. The number of aromatic carboxylic acids is 1.